The molecule has 1 aliphatic heterocycles. The number of likely N-dealkylation sites (tertiary alicyclic amines) is 1. The second-order valence-corrected chi connectivity index (χ2v) is 4.55. The van der Waals surface area contributed by atoms with Crippen LogP contribution in [0, 0.1) is 5.92 Å². The molecule has 0 saturated carbocycles. The summed E-state index contributed by atoms with van der Waals surface area (Å²) < 4.78 is 6.08. The molecule has 0 aromatic carbocycles. The molecule has 0 unspecified atom stereocenters. The highest BCUT2D eigenvalue weighted by Crippen LogP contribution is 2.21. The maximum atomic E-state index is 10.7. The fourth-order valence-electron chi connectivity index (χ4n) is 1.83. The van der Waals surface area contributed by atoms with Crippen LogP contribution in [0.15, 0.2) is 21.2 Å². The van der Waals surface area contributed by atoms with Crippen LogP contribution in [-0.2, 0) is 11.3 Å². The molecule has 0 radical (unpaired) electrons. The molecule has 0 aliphatic carbocycles. The SMILES string of the molecule is O=C(O)[C@@H]1CCN(Cc2ccc(Br)o2)C1. The van der Waals surface area contributed by atoms with Gasteiger partial charge in [0.15, 0.2) is 4.67 Å². The summed E-state index contributed by atoms with van der Waals surface area (Å²) in [5, 5.41) is 8.84. The van der Waals surface area contributed by atoms with Gasteiger partial charge in [-0.2, -0.15) is 0 Å². The molecule has 1 saturated heterocycles. The largest absolute Gasteiger partial charge is 0.481 e. The fraction of sp³-hybridized carbons (Fsp3) is 0.500. The molecule has 0 amide bonds. The minimum atomic E-state index is -0.696. The first-order valence-corrected chi connectivity index (χ1v) is 5.64. The molecule has 0 bridgehead atoms. The van der Waals surface area contributed by atoms with Crippen molar-refractivity contribution < 1.29 is 14.3 Å². The number of nitrogens with zero attached hydrogens (tertiary/aromatic N) is 1. The molecule has 1 aromatic heterocycles. The summed E-state index contributed by atoms with van der Waals surface area (Å²) in [5.74, 6) is -0.0468. The van der Waals surface area contributed by atoms with E-state index in [0.717, 1.165) is 18.7 Å². The molecule has 1 aliphatic rings. The average Bonchev–Trinajstić information content (AvgIpc) is 2.76. The maximum absolute atomic E-state index is 10.7. The number of carboxylic acid groups (broad SMARTS) is 1. The highest BCUT2D eigenvalue weighted by Gasteiger charge is 2.28. The van der Waals surface area contributed by atoms with E-state index < -0.39 is 5.97 Å². The standard InChI is InChI=1S/C10H12BrNO3/c11-9-2-1-8(15-9)6-12-4-3-7(5-12)10(13)14/h1-2,7H,3-6H2,(H,13,14)/t7-/m1/s1. The number of hydrogen-bond acceptors (Lipinski definition) is 3. The van der Waals surface area contributed by atoms with Crippen molar-refractivity contribution in [2.45, 2.75) is 13.0 Å². The van der Waals surface area contributed by atoms with Crippen molar-refractivity contribution >= 4 is 21.9 Å². The zero-order valence-electron chi connectivity index (χ0n) is 8.15. The van der Waals surface area contributed by atoms with Gasteiger partial charge in [0.2, 0.25) is 0 Å². The van der Waals surface area contributed by atoms with Crippen molar-refractivity contribution in [1.82, 2.24) is 4.90 Å². The summed E-state index contributed by atoms with van der Waals surface area (Å²) in [6, 6.07) is 3.75. The molecule has 4 nitrogen and oxygen atoms in total. The molecule has 0 spiro atoms. The summed E-state index contributed by atoms with van der Waals surface area (Å²) in [6.07, 6.45) is 0.733. The van der Waals surface area contributed by atoms with E-state index in [4.69, 9.17) is 9.52 Å². The topological polar surface area (TPSA) is 53.7 Å². The smallest absolute Gasteiger partial charge is 0.307 e. The van der Waals surface area contributed by atoms with E-state index in [2.05, 4.69) is 20.8 Å². The fourth-order valence-corrected chi connectivity index (χ4v) is 2.18. The number of carboxylic acids is 1. The van der Waals surface area contributed by atoms with Gasteiger partial charge in [-0.15, -0.1) is 0 Å². The summed E-state index contributed by atoms with van der Waals surface area (Å²) in [6.45, 7) is 2.14. The van der Waals surface area contributed by atoms with Crippen molar-refractivity contribution in [2.24, 2.45) is 5.92 Å². The van der Waals surface area contributed by atoms with Crippen molar-refractivity contribution in [3.05, 3.63) is 22.6 Å². The molecule has 15 heavy (non-hydrogen) atoms. The number of halogens is 1. The summed E-state index contributed by atoms with van der Waals surface area (Å²) in [4.78, 5) is 12.8. The Bertz CT molecular complexity index is 363. The second-order valence-electron chi connectivity index (χ2n) is 3.76. The Hall–Kier alpha value is -0.810. The minimum absolute atomic E-state index is 0.219. The van der Waals surface area contributed by atoms with Crippen molar-refractivity contribution in [3.63, 3.8) is 0 Å². The minimum Gasteiger partial charge on any atom is -0.481 e. The molecule has 1 fully saturated rings. The molecule has 2 rings (SSSR count). The van der Waals surface area contributed by atoms with Gasteiger partial charge in [-0.1, -0.05) is 0 Å². The predicted octanol–water partition coefficient (Wildman–Crippen LogP) is 1.95. The Morgan fingerprint density at radius 3 is 3.00 bits per heavy atom. The predicted molar refractivity (Wildman–Crippen MR) is 57.4 cm³/mol. The number of furan rings is 1. The Kier molecular flexibility index (Phi) is 3.11. The quantitative estimate of drug-likeness (QED) is 0.915. The van der Waals surface area contributed by atoms with Crippen LogP contribution in [0.25, 0.3) is 0 Å². The Balaban J connectivity index is 1.90. The number of carbonyl (C=O) groups is 1. The van der Waals surface area contributed by atoms with E-state index in [1.165, 1.54) is 0 Å². The summed E-state index contributed by atoms with van der Waals surface area (Å²) in [5.41, 5.74) is 0. The highest BCUT2D eigenvalue weighted by molar-refractivity contribution is 9.10. The van der Waals surface area contributed by atoms with Crippen LogP contribution in [0.5, 0.6) is 0 Å². The summed E-state index contributed by atoms with van der Waals surface area (Å²) >= 11 is 3.24. The van der Waals surface area contributed by atoms with E-state index in [-0.39, 0.29) is 5.92 Å². The van der Waals surface area contributed by atoms with Gasteiger partial charge in [-0.3, -0.25) is 9.69 Å². The van der Waals surface area contributed by atoms with E-state index in [9.17, 15) is 4.79 Å². The lowest BCUT2D eigenvalue weighted by atomic mass is 10.1. The van der Waals surface area contributed by atoms with Gasteiger partial charge in [0.05, 0.1) is 12.5 Å². The van der Waals surface area contributed by atoms with Crippen LogP contribution in [0.3, 0.4) is 0 Å². The molecular formula is C10H12BrNO3. The van der Waals surface area contributed by atoms with Crippen molar-refractivity contribution in [2.75, 3.05) is 13.1 Å². The van der Waals surface area contributed by atoms with E-state index in [1.807, 2.05) is 12.1 Å². The van der Waals surface area contributed by atoms with E-state index in [0.29, 0.717) is 17.8 Å². The van der Waals surface area contributed by atoms with Crippen LogP contribution in [-0.4, -0.2) is 29.1 Å². The van der Waals surface area contributed by atoms with Gasteiger partial charge >= 0.3 is 5.97 Å². The van der Waals surface area contributed by atoms with E-state index >= 15 is 0 Å². The molecule has 82 valence electrons. The Morgan fingerprint density at radius 1 is 1.67 bits per heavy atom. The third-order valence-electron chi connectivity index (χ3n) is 2.63. The van der Waals surface area contributed by atoms with Crippen LogP contribution in [0.4, 0.5) is 0 Å². The van der Waals surface area contributed by atoms with Crippen LogP contribution >= 0.6 is 15.9 Å². The van der Waals surface area contributed by atoms with Gasteiger partial charge in [-0.25, -0.2) is 0 Å². The highest BCUT2D eigenvalue weighted by atomic mass is 79.9. The number of rotatable bonds is 3. The van der Waals surface area contributed by atoms with Gasteiger partial charge in [0, 0.05) is 6.54 Å². The molecule has 5 heteroatoms. The van der Waals surface area contributed by atoms with Gasteiger partial charge in [0.25, 0.3) is 0 Å². The van der Waals surface area contributed by atoms with E-state index in [1.54, 1.807) is 0 Å². The van der Waals surface area contributed by atoms with Crippen molar-refractivity contribution in [1.29, 1.82) is 0 Å². The molecule has 2 heterocycles. The normalized spacial score (nSPS) is 22.1. The van der Waals surface area contributed by atoms with Gasteiger partial charge < -0.3 is 9.52 Å². The summed E-state index contributed by atoms with van der Waals surface area (Å²) in [7, 11) is 0. The lowest BCUT2D eigenvalue weighted by molar-refractivity contribution is -0.141. The monoisotopic (exact) mass is 273 g/mol. The molecule has 1 atom stereocenters. The third-order valence-corrected chi connectivity index (χ3v) is 3.06. The Morgan fingerprint density at radius 2 is 2.47 bits per heavy atom. The zero-order valence-corrected chi connectivity index (χ0v) is 9.74. The average molecular weight is 274 g/mol. The first-order chi connectivity index (χ1) is 7.15. The first-order valence-electron chi connectivity index (χ1n) is 4.84. The van der Waals surface area contributed by atoms with Crippen LogP contribution in [0.1, 0.15) is 12.2 Å². The molecule has 1 N–H and O–H groups in total. The van der Waals surface area contributed by atoms with Crippen LogP contribution in [0.2, 0.25) is 0 Å². The van der Waals surface area contributed by atoms with Crippen molar-refractivity contribution in [3.8, 4) is 0 Å². The zero-order chi connectivity index (χ0) is 10.8. The molecular weight excluding hydrogens is 262 g/mol. The first kappa shape index (κ1) is 10.7. The Labute approximate surface area is 96.0 Å². The lowest BCUT2D eigenvalue weighted by Crippen LogP contribution is -2.22. The lowest BCUT2D eigenvalue weighted by Gasteiger charge is -2.12. The van der Waals surface area contributed by atoms with Gasteiger partial charge in [0.1, 0.15) is 5.76 Å². The number of aliphatic carboxylic acids is 1. The maximum Gasteiger partial charge on any atom is 0.307 e. The van der Waals surface area contributed by atoms with Crippen LogP contribution < -0.4 is 0 Å². The third kappa shape index (κ3) is 2.60. The second kappa shape index (κ2) is 4.37. The molecule has 1 aromatic rings. The van der Waals surface area contributed by atoms with Gasteiger partial charge in [-0.05, 0) is 41.0 Å². The number of hydrogen-bond donors (Lipinski definition) is 1.